The standard InChI is InChI=1S/C11H13Br2FO/c1-8(2)7-15-10-6-4-3-5-9(10)11(12,13)14/h3-6,8H,7H2,1-2H3. The van der Waals surface area contributed by atoms with E-state index in [2.05, 4.69) is 31.9 Å². The van der Waals surface area contributed by atoms with Crippen LogP contribution in [-0.2, 0) is 3.49 Å². The van der Waals surface area contributed by atoms with Crippen LogP contribution >= 0.6 is 31.9 Å². The number of halogens is 3. The largest absolute Gasteiger partial charge is 0.493 e. The van der Waals surface area contributed by atoms with Gasteiger partial charge in [0.25, 0.3) is 0 Å². The molecule has 1 rings (SSSR count). The molecule has 0 atom stereocenters. The highest BCUT2D eigenvalue weighted by molar-refractivity contribution is 9.24. The van der Waals surface area contributed by atoms with Crippen molar-refractivity contribution in [2.45, 2.75) is 17.3 Å². The van der Waals surface area contributed by atoms with E-state index in [0.29, 0.717) is 23.8 Å². The molecule has 0 fully saturated rings. The van der Waals surface area contributed by atoms with E-state index in [1.54, 1.807) is 18.2 Å². The van der Waals surface area contributed by atoms with Crippen LogP contribution in [0.5, 0.6) is 5.75 Å². The summed E-state index contributed by atoms with van der Waals surface area (Å²) in [5, 5.41) is 0. The van der Waals surface area contributed by atoms with Crippen molar-refractivity contribution >= 4 is 31.9 Å². The Hall–Kier alpha value is -0.0900. The summed E-state index contributed by atoms with van der Waals surface area (Å²) < 4.78 is 17.5. The zero-order valence-corrected chi connectivity index (χ0v) is 11.8. The molecule has 0 unspecified atom stereocenters. The molecule has 0 spiro atoms. The van der Waals surface area contributed by atoms with Crippen LogP contribution in [0.3, 0.4) is 0 Å². The third-order valence-corrected chi connectivity index (χ3v) is 2.62. The summed E-state index contributed by atoms with van der Waals surface area (Å²) in [7, 11) is 0. The fourth-order valence-electron chi connectivity index (χ4n) is 1.08. The molecule has 0 radical (unpaired) electrons. The van der Waals surface area contributed by atoms with Crippen molar-refractivity contribution in [3.8, 4) is 5.75 Å². The second kappa shape index (κ2) is 5.30. The van der Waals surface area contributed by atoms with Crippen LogP contribution in [0.1, 0.15) is 19.4 Å². The van der Waals surface area contributed by atoms with Crippen molar-refractivity contribution < 1.29 is 9.13 Å². The molecular weight excluding hydrogens is 327 g/mol. The van der Waals surface area contributed by atoms with Crippen LogP contribution in [0.15, 0.2) is 24.3 Å². The van der Waals surface area contributed by atoms with Gasteiger partial charge in [0.15, 0.2) is 0 Å². The van der Waals surface area contributed by atoms with Crippen molar-refractivity contribution in [2.75, 3.05) is 6.61 Å². The van der Waals surface area contributed by atoms with Gasteiger partial charge in [-0.2, -0.15) is 0 Å². The molecular formula is C11H13Br2FO. The van der Waals surface area contributed by atoms with Gasteiger partial charge < -0.3 is 4.74 Å². The van der Waals surface area contributed by atoms with E-state index >= 15 is 0 Å². The number of alkyl halides is 3. The molecule has 4 heteroatoms. The fourth-order valence-corrected chi connectivity index (χ4v) is 1.74. The molecule has 1 aromatic rings. The Kier molecular flexibility index (Phi) is 4.59. The second-order valence-corrected chi connectivity index (χ2v) is 6.95. The Morgan fingerprint density at radius 1 is 1.33 bits per heavy atom. The van der Waals surface area contributed by atoms with Crippen molar-refractivity contribution in [1.82, 2.24) is 0 Å². The van der Waals surface area contributed by atoms with E-state index in [9.17, 15) is 4.39 Å². The van der Waals surface area contributed by atoms with E-state index < -0.39 is 3.49 Å². The first-order chi connectivity index (χ1) is 6.91. The average Bonchev–Trinajstić information content (AvgIpc) is 2.13. The fraction of sp³-hybridized carbons (Fsp3) is 0.455. The van der Waals surface area contributed by atoms with Crippen LogP contribution in [0, 0.1) is 5.92 Å². The molecule has 0 aromatic heterocycles. The predicted molar refractivity (Wildman–Crippen MR) is 67.4 cm³/mol. The number of rotatable bonds is 4. The molecule has 0 amide bonds. The van der Waals surface area contributed by atoms with E-state index in [4.69, 9.17) is 4.74 Å². The molecule has 0 aliphatic carbocycles. The summed E-state index contributed by atoms with van der Waals surface area (Å²) in [6.07, 6.45) is 0. The van der Waals surface area contributed by atoms with Gasteiger partial charge in [0.2, 0.25) is 3.49 Å². The third-order valence-electron chi connectivity index (χ3n) is 1.76. The van der Waals surface area contributed by atoms with Gasteiger partial charge in [-0.3, -0.25) is 0 Å². The third kappa shape index (κ3) is 4.11. The van der Waals surface area contributed by atoms with Gasteiger partial charge in [-0.1, -0.05) is 32.0 Å². The van der Waals surface area contributed by atoms with Crippen LogP contribution < -0.4 is 4.74 Å². The van der Waals surface area contributed by atoms with Crippen molar-refractivity contribution in [3.05, 3.63) is 29.8 Å². The average molecular weight is 340 g/mol. The maximum Gasteiger partial charge on any atom is 0.247 e. The minimum absolute atomic E-state index is 0.415. The lowest BCUT2D eigenvalue weighted by Crippen LogP contribution is -2.09. The van der Waals surface area contributed by atoms with Crippen molar-refractivity contribution in [1.29, 1.82) is 0 Å². The lowest BCUT2D eigenvalue weighted by molar-refractivity contribution is 0.264. The van der Waals surface area contributed by atoms with E-state index in [0.717, 1.165) is 0 Å². The number of para-hydroxylation sites is 1. The molecule has 0 heterocycles. The number of benzene rings is 1. The maximum absolute atomic E-state index is 13.7. The van der Waals surface area contributed by atoms with Crippen LogP contribution in [0.25, 0.3) is 0 Å². The Labute approximate surface area is 106 Å². The molecule has 0 saturated carbocycles. The first-order valence-corrected chi connectivity index (χ1v) is 6.29. The van der Waals surface area contributed by atoms with Crippen molar-refractivity contribution in [3.63, 3.8) is 0 Å². The minimum atomic E-state index is -1.73. The van der Waals surface area contributed by atoms with Crippen LogP contribution in [0.4, 0.5) is 4.39 Å². The highest BCUT2D eigenvalue weighted by Crippen LogP contribution is 2.43. The molecule has 84 valence electrons. The summed E-state index contributed by atoms with van der Waals surface area (Å²) >= 11 is 5.83. The topological polar surface area (TPSA) is 9.23 Å². The lowest BCUT2D eigenvalue weighted by atomic mass is 10.2. The summed E-state index contributed by atoms with van der Waals surface area (Å²) in [5.74, 6) is 0.972. The van der Waals surface area contributed by atoms with E-state index in [1.807, 2.05) is 19.9 Å². The normalized spacial score (nSPS) is 11.9. The van der Waals surface area contributed by atoms with Gasteiger partial charge in [-0.05, 0) is 43.8 Å². The second-order valence-electron chi connectivity index (χ2n) is 3.70. The summed E-state index contributed by atoms with van der Waals surface area (Å²) in [6.45, 7) is 4.67. The van der Waals surface area contributed by atoms with E-state index in [-0.39, 0.29) is 0 Å². The summed E-state index contributed by atoms with van der Waals surface area (Å²) in [6, 6.07) is 7.03. The minimum Gasteiger partial charge on any atom is -0.493 e. The summed E-state index contributed by atoms with van der Waals surface area (Å²) in [5.41, 5.74) is 0.450. The molecule has 1 aromatic carbocycles. The molecule has 1 nitrogen and oxygen atoms in total. The van der Waals surface area contributed by atoms with Gasteiger partial charge in [-0.25, -0.2) is 4.39 Å². The quantitative estimate of drug-likeness (QED) is 0.729. The molecule has 0 saturated heterocycles. The van der Waals surface area contributed by atoms with Crippen LogP contribution in [-0.4, -0.2) is 6.61 Å². The Bertz CT molecular complexity index is 321. The number of hydrogen-bond acceptors (Lipinski definition) is 1. The molecule has 0 aliphatic rings. The highest BCUT2D eigenvalue weighted by Gasteiger charge is 2.27. The van der Waals surface area contributed by atoms with Crippen LogP contribution in [0.2, 0.25) is 0 Å². The zero-order valence-electron chi connectivity index (χ0n) is 8.64. The Morgan fingerprint density at radius 2 is 1.93 bits per heavy atom. The Morgan fingerprint density at radius 3 is 2.47 bits per heavy atom. The van der Waals surface area contributed by atoms with Gasteiger partial charge in [0.05, 0.1) is 12.2 Å². The van der Waals surface area contributed by atoms with Gasteiger partial charge in [0.1, 0.15) is 5.75 Å². The molecule has 0 aliphatic heterocycles. The zero-order chi connectivity index (χ0) is 11.5. The van der Waals surface area contributed by atoms with E-state index in [1.165, 1.54) is 0 Å². The maximum atomic E-state index is 13.7. The number of hydrogen-bond donors (Lipinski definition) is 0. The molecule has 0 N–H and O–H groups in total. The monoisotopic (exact) mass is 338 g/mol. The van der Waals surface area contributed by atoms with Gasteiger partial charge in [-0.15, -0.1) is 0 Å². The first-order valence-electron chi connectivity index (χ1n) is 4.70. The van der Waals surface area contributed by atoms with Gasteiger partial charge >= 0.3 is 0 Å². The summed E-state index contributed by atoms with van der Waals surface area (Å²) in [4.78, 5) is 0. The SMILES string of the molecule is CC(C)COc1ccccc1C(F)(Br)Br. The van der Waals surface area contributed by atoms with Gasteiger partial charge in [0, 0.05) is 0 Å². The van der Waals surface area contributed by atoms with Crippen molar-refractivity contribution in [2.24, 2.45) is 5.92 Å². The first kappa shape index (κ1) is 13.0. The lowest BCUT2D eigenvalue weighted by Gasteiger charge is -2.17. The smallest absolute Gasteiger partial charge is 0.247 e. The number of ether oxygens (including phenoxy) is 1. The predicted octanol–water partition coefficient (Wildman–Crippen LogP) is 4.59. The molecule has 0 bridgehead atoms. The highest BCUT2D eigenvalue weighted by atomic mass is 79.9. The molecule has 15 heavy (non-hydrogen) atoms. The Balaban J connectivity index is 2.87.